The Labute approximate surface area is 197 Å². The van der Waals surface area contributed by atoms with E-state index in [-0.39, 0.29) is 35.5 Å². The van der Waals surface area contributed by atoms with Crippen molar-refractivity contribution in [1.82, 2.24) is 0 Å². The molecule has 0 radical (unpaired) electrons. The molecule has 0 aromatic carbocycles. The maximum absolute atomic E-state index is 13.0. The van der Waals surface area contributed by atoms with Gasteiger partial charge in [-0.05, 0) is 67.6 Å². The van der Waals surface area contributed by atoms with Crippen LogP contribution in [-0.4, -0.2) is 45.5 Å². The lowest BCUT2D eigenvalue weighted by Crippen LogP contribution is -2.56. The zero-order valence-electron chi connectivity index (χ0n) is 20.3. The van der Waals surface area contributed by atoms with Crippen LogP contribution in [0.15, 0.2) is 23.8 Å². The molecule has 5 atom stereocenters. The fourth-order valence-corrected chi connectivity index (χ4v) is 5.84. The van der Waals surface area contributed by atoms with E-state index in [1.165, 1.54) is 0 Å². The van der Waals surface area contributed by atoms with E-state index in [2.05, 4.69) is 19.9 Å². The second-order valence-electron chi connectivity index (χ2n) is 11.1. The molecule has 3 N–H and O–H groups in total. The van der Waals surface area contributed by atoms with Gasteiger partial charge in [-0.2, -0.15) is 26.3 Å². The zero-order chi connectivity index (χ0) is 26.2. The molecule has 2 saturated carbocycles. The molecule has 2 aliphatic rings. The van der Waals surface area contributed by atoms with Crippen LogP contribution in [0.2, 0.25) is 0 Å². The van der Waals surface area contributed by atoms with Crippen LogP contribution in [0.4, 0.5) is 26.3 Å². The van der Waals surface area contributed by atoms with Gasteiger partial charge in [-0.25, -0.2) is 0 Å². The predicted octanol–water partition coefficient (Wildman–Crippen LogP) is 6.48. The van der Waals surface area contributed by atoms with Crippen molar-refractivity contribution >= 4 is 0 Å². The Morgan fingerprint density at radius 3 is 2.03 bits per heavy atom. The maximum atomic E-state index is 13.0. The molecule has 0 saturated heterocycles. The molecule has 2 rings (SSSR count). The van der Waals surface area contributed by atoms with Gasteiger partial charge in [0.15, 0.2) is 0 Å². The van der Waals surface area contributed by atoms with Gasteiger partial charge in [-0.1, -0.05) is 57.9 Å². The number of hydrogen-bond donors (Lipinski definition) is 3. The topological polar surface area (TPSA) is 60.7 Å². The van der Waals surface area contributed by atoms with Gasteiger partial charge in [0.05, 0.1) is 12.2 Å². The van der Waals surface area contributed by atoms with Crippen molar-refractivity contribution in [2.75, 3.05) is 0 Å². The van der Waals surface area contributed by atoms with E-state index in [4.69, 9.17) is 0 Å². The Morgan fingerprint density at radius 2 is 1.53 bits per heavy atom. The van der Waals surface area contributed by atoms with Crippen LogP contribution in [0.3, 0.4) is 0 Å². The van der Waals surface area contributed by atoms with Gasteiger partial charge in [0.2, 0.25) is 0 Å². The SMILES string of the molecule is C[C@@H](CCCC(O)(C(F)(F)F)C(F)(F)F)[C@@]1(C)CC[C@@H](/C=C/C=C2C[C@@H](O)C[C@H](O)C2)C1(C)C. The molecule has 0 aromatic heterocycles. The molecule has 0 bridgehead atoms. The maximum Gasteiger partial charge on any atom is 0.426 e. The van der Waals surface area contributed by atoms with Gasteiger partial charge < -0.3 is 15.3 Å². The number of alkyl halides is 6. The quantitative estimate of drug-likeness (QED) is 0.351. The van der Waals surface area contributed by atoms with Crippen LogP contribution in [0.1, 0.15) is 79.1 Å². The second kappa shape index (κ2) is 10.1. The molecule has 0 spiro atoms. The Bertz CT molecular complexity index is 729. The highest BCUT2D eigenvalue weighted by atomic mass is 19.4. The first kappa shape index (κ1) is 29.2. The lowest BCUT2D eigenvalue weighted by Gasteiger charge is -2.46. The summed E-state index contributed by atoms with van der Waals surface area (Å²) in [5, 5.41) is 29.0. The molecule has 0 aromatic rings. The third kappa shape index (κ3) is 5.84. The largest absolute Gasteiger partial charge is 0.426 e. The van der Waals surface area contributed by atoms with Crippen molar-refractivity contribution < 1.29 is 41.7 Å². The fourth-order valence-electron chi connectivity index (χ4n) is 5.84. The van der Waals surface area contributed by atoms with Crippen molar-refractivity contribution in [3.8, 4) is 0 Å². The smallest absolute Gasteiger partial charge is 0.393 e. The summed E-state index contributed by atoms with van der Waals surface area (Å²) in [6.07, 6.45) is -5.36. The van der Waals surface area contributed by atoms with Crippen LogP contribution in [-0.2, 0) is 0 Å². The van der Waals surface area contributed by atoms with Gasteiger partial charge in [-0.3, -0.25) is 0 Å². The van der Waals surface area contributed by atoms with E-state index < -0.39 is 36.6 Å². The summed E-state index contributed by atoms with van der Waals surface area (Å²) in [4.78, 5) is 0. The van der Waals surface area contributed by atoms with E-state index in [0.29, 0.717) is 19.3 Å². The fraction of sp³-hybridized carbons (Fsp3) is 0.840. The van der Waals surface area contributed by atoms with Gasteiger partial charge in [0, 0.05) is 0 Å². The van der Waals surface area contributed by atoms with Crippen LogP contribution in [0, 0.1) is 22.7 Å². The summed E-state index contributed by atoms with van der Waals surface area (Å²) in [6.45, 7) is 8.06. The minimum Gasteiger partial charge on any atom is -0.393 e. The summed E-state index contributed by atoms with van der Waals surface area (Å²) in [7, 11) is 0. The Hall–Kier alpha value is -1.06. The molecule has 2 aliphatic carbocycles. The summed E-state index contributed by atoms with van der Waals surface area (Å²) in [5.74, 6) is 0.0196. The monoisotopic (exact) mass is 500 g/mol. The van der Waals surface area contributed by atoms with Crippen molar-refractivity contribution in [2.45, 2.75) is 109 Å². The van der Waals surface area contributed by atoms with E-state index in [1.807, 2.05) is 26.0 Å². The Balaban J connectivity index is 2.04. The zero-order valence-corrected chi connectivity index (χ0v) is 20.3. The first-order valence-electron chi connectivity index (χ1n) is 11.9. The summed E-state index contributed by atoms with van der Waals surface area (Å²) >= 11 is 0. The lowest BCUT2D eigenvalue weighted by molar-refractivity contribution is -0.370. The number of aliphatic hydroxyl groups is 3. The molecule has 0 unspecified atom stereocenters. The lowest BCUT2D eigenvalue weighted by atomic mass is 9.59. The normalized spacial score (nSPS) is 31.8. The molecule has 0 aliphatic heterocycles. The second-order valence-corrected chi connectivity index (χ2v) is 11.1. The molecule has 34 heavy (non-hydrogen) atoms. The highest BCUT2D eigenvalue weighted by Crippen LogP contribution is 2.61. The van der Waals surface area contributed by atoms with Crippen molar-refractivity contribution in [1.29, 1.82) is 0 Å². The summed E-state index contributed by atoms with van der Waals surface area (Å²) < 4.78 is 77.8. The number of aliphatic hydroxyl groups excluding tert-OH is 2. The number of halogens is 6. The van der Waals surface area contributed by atoms with Gasteiger partial charge >= 0.3 is 12.4 Å². The van der Waals surface area contributed by atoms with E-state index in [0.717, 1.165) is 18.4 Å². The Morgan fingerprint density at radius 1 is 1.00 bits per heavy atom. The van der Waals surface area contributed by atoms with Crippen LogP contribution >= 0.6 is 0 Å². The van der Waals surface area contributed by atoms with Crippen LogP contribution < -0.4 is 0 Å². The minimum absolute atomic E-state index is 0.144. The van der Waals surface area contributed by atoms with E-state index in [1.54, 1.807) is 0 Å². The molecular formula is C25H38F6O3. The first-order valence-corrected chi connectivity index (χ1v) is 11.9. The average Bonchev–Trinajstić information content (AvgIpc) is 2.89. The molecule has 0 amide bonds. The number of allylic oxidation sites excluding steroid dienone is 3. The van der Waals surface area contributed by atoms with Crippen molar-refractivity contribution in [2.24, 2.45) is 22.7 Å². The molecule has 198 valence electrons. The molecule has 2 fully saturated rings. The van der Waals surface area contributed by atoms with E-state index >= 15 is 0 Å². The highest BCUT2D eigenvalue weighted by Gasteiger charge is 2.69. The van der Waals surface area contributed by atoms with Gasteiger partial charge in [0.1, 0.15) is 0 Å². The van der Waals surface area contributed by atoms with Crippen LogP contribution in [0.5, 0.6) is 0 Å². The molecule has 3 nitrogen and oxygen atoms in total. The van der Waals surface area contributed by atoms with Gasteiger partial charge in [0.25, 0.3) is 5.60 Å². The summed E-state index contributed by atoms with van der Waals surface area (Å²) in [5.41, 5.74) is -4.28. The Kier molecular flexibility index (Phi) is 8.69. The standard InChI is InChI=1S/C25H38F6O3/c1-16(7-6-11-23(34,24(26,27)28)25(29,30)31)22(4)12-10-18(21(22,2)3)9-5-8-17-13-19(32)15-20(33)14-17/h5,8-9,16,18-20,32-34H,6-7,10-15H2,1-4H3/b9-5+/t16-,18+,19+,20+,22+/m0/s1. The highest BCUT2D eigenvalue weighted by molar-refractivity contribution is 5.19. The van der Waals surface area contributed by atoms with E-state index in [9.17, 15) is 41.7 Å². The third-order valence-corrected chi connectivity index (χ3v) is 8.79. The van der Waals surface area contributed by atoms with Crippen molar-refractivity contribution in [3.63, 3.8) is 0 Å². The minimum atomic E-state index is -5.78. The van der Waals surface area contributed by atoms with Crippen molar-refractivity contribution in [3.05, 3.63) is 23.8 Å². The summed E-state index contributed by atoms with van der Waals surface area (Å²) in [6, 6.07) is 0. The van der Waals surface area contributed by atoms with Gasteiger partial charge in [-0.15, -0.1) is 0 Å². The molecular weight excluding hydrogens is 462 g/mol. The predicted molar refractivity (Wildman–Crippen MR) is 118 cm³/mol. The van der Waals surface area contributed by atoms with Crippen LogP contribution in [0.25, 0.3) is 0 Å². The molecule has 0 heterocycles. The average molecular weight is 501 g/mol. The first-order chi connectivity index (χ1) is 15.3. The molecule has 9 heteroatoms. The number of rotatable bonds is 7. The third-order valence-electron chi connectivity index (χ3n) is 8.79. The number of hydrogen-bond acceptors (Lipinski definition) is 3.